The molecule has 0 aromatic heterocycles. The number of amides is 1. The number of carbonyl (C=O) groups excluding carboxylic acids is 1. The smallest absolute Gasteiger partial charge is 0.243 e. The van der Waals surface area contributed by atoms with Gasteiger partial charge in [0.05, 0.1) is 18.1 Å². The third kappa shape index (κ3) is 5.41. The summed E-state index contributed by atoms with van der Waals surface area (Å²) < 4.78 is 39.2. The monoisotopic (exact) mass is 499 g/mol. The van der Waals surface area contributed by atoms with Crippen molar-refractivity contribution in [3.8, 4) is 11.5 Å². The zero-order valence-corrected chi connectivity index (χ0v) is 20.8. The van der Waals surface area contributed by atoms with Crippen LogP contribution < -0.4 is 19.7 Å². The second-order valence-corrected chi connectivity index (χ2v) is 11.4. The van der Waals surface area contributed by atoms with Gasteiger partial charge < -0.3 is 19.7 Å². The Bertz CT molecular complexity index is 1140. The number of rotatable bonds is 5. The number of ether oxygens (including phenoxy) is 2. The molecule has 35 heavy (non-hydrogen) atoms. The minimum absolute atomic E-state index is 0.0525. The zero-order valence-electron chi connectivity index (χ0n) is 19.9. The Morgan fingerprint density at radius 2 is 1.51 bits per heavy atom. The lowest BCUT2D eigenvalue weighted by atomic mass is 9.97. The SMILES string of the molecule is O=C(Nc1ccc(N2CCCCC2)cc1)C1CCN(S(=O)(=O)c2ccc3c(c2)OCCCO3)CC1. The molecule has 2 fully saturated rings. The Labute approximate surface area is 207 Å². The van der Waals surface area contributed by atoms with Crippen molar-refractivity contribution in [2.75, 3.05) is 49.6 Å². The molecule has 5 rings (SSSR count). The molecule has 0 aliphatic carbocycles. The highest BCUT2D eigenvalue weighted by Crippen LogP contribution is 2.34. The van der Waals surface area contributed by atoms with Crippen LogP contribution in [0.25, 0.3) is 0 Å². The second kappa shape index (κ2) is 10.5. The van der Waals surface area contributed by atoms with Gasteiger partial charge in [0, 0.05) is 56.0 Å². The molecule has 0 bridgehead atoms. The van der Waals surface area contributed by atoms with E-state index in [0.29, 0.717) is 50.6 Å². The van der Waals surface area contributed by atoms with Crippen molar-refractivity contribution in [1.82, 2.24) is 4.31 Å². The first kappa shape index (κ1) is 23.9. The first-order valence-electron chi connectivity index (χ1n) is 12.6. The summed E-state index contributed by atoms with van der Waals surface area (Å²) >= 11 is 0. The van der Waals surface area contributed by atoms with Crippen LogP contribution in [0, 0.1) is 5.92 Å². The molecule has 9 heteroatoms. The molecule has 0 spiro atoms. The van der Waals surface area contributed by atoms with Crippen LogP contribution in [0.4, 0.5) is 11.4 Å². The van der Waals surface area contributed by atoms with E-state index in [9.17, 15) is 13.2 Å². The van der Waals surface area contributed by atoms with E-state index in [4.69, 9.17) is 9.47 Å². The van der Waals surface area contributed by atoms with Crippen LogP contribution in [0.15, 0.2) is 47.4 Å². The molecule has 0 radical (unpaired) electrons. The van der Waals surface area contributed by atoms with Crippen LogP contribution in [0.3, 0.4) is 0 Å². The summed E-state index contributed by atoms with van der Waals surface area (Å²) in [6, 6.07) is 12.8. The van der Waals surface area contributed by atoms with Crippen LogP contribution in [-0.4, -0.2) is 58.0 Å². The van der Waals surface area contributed by atoms with Crippen molar-refractivity contribution in [3.05, 3.63) is 42.5 Å². The number of benzene rings is 2. The molecule has 1 amide bonds. The first-order valence-corrected chi connectivity index (χ1v) is 14.0. The van der Waals surface area contributed by atoms with Gasteiger partial charge in [-0.15, -0.1) is 0 Å². The fourth-order valence-electron chi connectivity index (χ4n) is 4.96. The van der Waals surface area contributed by atoms with Crippen molar-refractivity contribution in [2.24, 2.45) is 5.92 Å². The number of nitrogens with zero attached hydrogens (tertiary/aromatic N) is 2. The van der Waals surface area contributed by atoms with E-state index in [0.717, 1.165) is 25.2 Å². The standard InChI is InChI=1S/C26H33N3O5S/c30-26(27-21-5-7-22(8-6-21)28-13-2-1-3-14-28)20-11-15-29(16-12-20)35(31,32)23-9-10-24-25(19-23)34-18-4-17-33-24/h5-10,19-20H,1-4,11-18H2,(H,27,30). The molecular weight excluding hydrogens is 466 g/mol. The highest BCUT2D eigenvalue weighted by molar-refractivity contribution is 7.89. The molecule has 2 aromatic rings. The molecular formula is C26H33N3O5S. The number of hydrogen-bond acceptors (Lipinski definition) is 6. The van der Waals surface area contributed by atoms with Gasteiger partial charge >= 0.3 is 0 Å². The van der Waals surface area contributed by atoms with Gasteiger partial charge in [0.2, 0.25) is 15.9 Å². The average molecular weight is 500 g/mol. The Morgan fingerprint density at radius 3 is 2.23 bits per heavy atom. The number of carbonyl (C=O) groups is 1. The first-order chi connectivity index (χ1) is 17.0. The summed E-state index contributed by atoms with van der Waals surface area (Å²) in [4.78, 5) is 15.4. The Kier molecular flexibility index (Phi) is 7.15. The lowest BCUT2D eigenvalue weighted by molar-refractivity contribution is -0.120. The second-order valence-electron chi connectivity index (χ2n) is 9.42. The van der Waals surface area contributed by atoms with Crippen molar-refractivity contribution in [3.63, 3.8) is 0 Å². The summed E-state index contributed by atoms with van der Waals surface area (Å²) in [5, 5.41) is 3.01. The summed E-state index contributed by atoms with van der Waals surface area (Å²) in [7, 11) is -3.67. The molecule has 3 aliphatic rings. The molecule has 8 nitrogen and oxygen atoms in total. The van der Waals surface area contributed by atoms with E-state index >= 15 is 0 Å². The predicted octanol–water partition coefficient (Wildman–Crippen LogP) is 3.88. The van der Waals surface area contributed by atoms with E-state index < -0.39 is 10.0 Å². The van der Waals surface area contributed by atoms with Crippen molar-refractivity contribution < 1.29 is 22.7 Å². The summed E-state index contributed by atoms with van der Waals surface area (Å²) in [6.07, 6.45) is 5.47. The molecule has 188 valence electrons. The maximum Gasteiger partial charge on any atom is 0.243 e. The van der Waals surface area contributed by atoms with E-state index in [-0.39, 0.29) is 16.7 Å². The number of fused-ring (bicyclic) bond motifs is 1. The fourth-order valence-corrected chi connectivity index (χ4v) is 6.45. The summed E-state index contributed by atoms with van der Waals surface area (Å²) in [5.41, 5.74) is 1.97. The van der Waals surface area contributed by atoms with Crippen molar-refractivity contribution in [2.45, 2.75) is 43.4 Å². The molecule has 2 saturated heterocycles. The quantitative estimate of drug-likeness (QED) is 0.672. The Morgan fingerprint density at radius 1 is 0.829 bits per heavy atom. The van der Waals surface area contributed by atoms with E-state index in [2.05, 4.69) is 22.3 Å². The molecule has 1 N–H and O–H groups in total. The fraction of sp³-hybridized carbons (Fsp3) is 0.500. The Hall–Kier alpha value is -2.78. The van der Waals surface area contributed by atoms with E-state index in [1.54, 1.807) is 18.2 Å². The van der Waals surface area contributed by atoms with Gasteiger partial charge in [0.1, 0.15) is 0 Å². The van der Waals surface area contributed by atoms with E-state index in [1.165, 1.54) is 29.3 Å². The molecule has 2 aromatic carbocycles. The highest BCUT2D eigenvalue weighted by Gasteiger charge is 2.33. The van der Waals surface area contributed by atoms with Crippen LogP contribution in [0.2, 0.25) is 0 Å². The predicted molar refractivity (Wildman–Crippen MR) is 135 cm³/mol. The normalized spacial score (nSPS) is 19.7. The minimum atomic E-state index is -3.67. The number of hydrogen-bond donors (Lipinski definition) is 1. The van der Waals surface area contributed by atoms with Crippen LogP contribution in [0.5, 0.6) is 11.5 Å². The largest absolute Gasteiger partial charge is 0.490 e. The van der Waals surface area contributed by atoms with E-state index in [1.807, 2.05) is 12.1 Å². The van der Waals surface area contributed by atoms with Crippen LogP contribution in [-0.2, 0) is 14.8 Å². The summed E-state index contributed by atoms with van der Waals surface area (Å²) in [5.74, 6) is 0.764. The third-order valence-electron chi connectivity index (χ3n) is 7.04. The maximum atomic E-state index is 13.2. The molecule has 3 aliphatic heterocycles. The number of nitrogens with one attached hydrogen (secondary N) is 1. The Balaban J connectivity index is 1.17. The van der Waals surface area contributed by atoms with Gasteiger partial charge in [-0.1, -0.05) is 0 Å². The molecule has 0 atom stereocenters. The third-order valence-corrected chi connectivity index (χ3v) is 8.93. The number of sulfonamides is 1. The maximum absolute atomic E-state index is 13.2. The van der Waals surface area contributed by atoms with Gasteiger partial charge in [-0.25, -0.2) is 8.42 Å². The van der Waals surface area contributed by atoms with Gasteiger partial charge in [0.15, 0.2) is 11.5 Å². The van der Waals surface area contributed by atoms with Crippen LogP contribution >= 0.6 is 0 Å². The van der Waals surface area contributed by atoms with Gasteiger partial charge in [-0.3, -0.25) is 4.79 Å². The highest BCUT2D eigenvalue weighted by atomic mass is 32.2. The van der Waals surface area contributed by atoms with Gasteiger partial charge in [-0.05, 0) is 68.5 Å². The average Bonchev–Trinajstić information content (AvgIpc) is 3.15. The zero-order chi connectivity index (χ0) is 24.3. The van der Waals surface area contributed by atoms with Gasteiger partial charge in [-0.2, -0.15) is 4.31 Å². The van der Waals surface area contributed by atoms with Crippen LogP contribution in [0.1, 0.15) is 38.5 Å². The molecule has 0 saturated carbocycles. The lowest BCUT2D eigenvalue weighted by Gasteiger charge is -2.31. The summed E-state index contributed by atoms with van der Waals surface area (Å²) in [6.45, 7) is 3.83. The van der Waals surface area contributed by atoms with Crippen molar-refractivity contribution in [1.29, 1.82) is 0 Å². The topological polar surface area (TPSA) is 88.2 Å². The number of anilines is 2. The number of piperidine rings is 2. The molecule has 0 unspecified atom stereocenters. The van der Waals surface area contributed by atoms with Gasteiger partial charge in [0.25, 0.3) is 0 Å². The lowest BCUT2D eigenvalue weighted by Crippen LogP contribution is -2.41. The minimum Gasteiger partial charge on any atom is -0.490 e. The molecule has 3 heterocycles. The van der Waals surface area contributed by atoms with Crippen molar-refractivity contribution >= 4 is 27.3 Å².